The molecule has 1 aromatic carbocycles. The fourth-order valence-electron chi connectivity index (χ4n) is 2.08. The smallest absolute Gasteiger partial charge is 0.0890 e. The van der Waals surface area contributed by atoms with Gasteiger partial charge in [0.15, 0.2) is 0 Å². The molecule has 2 N–H and O–H groups in total. The maximum absolute atomic E-state index is 4.33. The molecule has 0 aliphatic heterocycles. The molecule has 2 aromatic rings. The van der Waals surface area contributed by atoms with Crippen molar-refractivity contribution in [2.75, 3.05) is 19.6 Å². The predicted octanol–water partition coefficient (Wildman–Crippen LogP) is 2.36. The average molecular weight is 272 g/mol. The molecule has 1 heterocycles. The third-order valence-corrected chi connectivity index (χ3v) is 3.12. The standard InChI is InChI=1S/C16H24N4/c1-13(2)11-17-6-3-7-18-12-14-4-5-15-16(10-14)20-9-8-19-15/h4-5,8-10,13,17-18H,3,6-7,11-12H2,1-2H3. The van der Waals surface area contributed by atoms with E-state index in [1.54, 1.807) is 12.4 Å². The molecule has 4 nitrogen and oxygen atoms in total. The van der Waals surface area contributed by atoms with E-state index in [2.05, 4.69) is 46.6 Å². The van der Waals surface area contributed by atoms with Gasteiger partial charge in [-0.2, -0.15) is 0 Å². The lowest BCUT2D eigenvalue weighted by molar-refractivity contribution is 0.530. The van der Waals surface area contributed by atoms with Crippen LogP contribution in [0.2, 0.25) is 0 Å². The molecule has 0 saturated carbocycles. The second kappa shape index (κ2) is 7.92. The summed E-state index contributed by atoms with van der Waals surface area (Å²) in [5.41, 5.74) is 3.17. The van der Waals surface area contributed by atoms with Crippen molar-refractivity contribution in [1.29, 1.82) is 0 Å². The Labute approximate surface area is 121 Å². The first-order chi connectivity index (χ1) is 9.75. The van der Waals surface area contributed by atoms with Crippen LogP contribution in [0, 0.1) is 5.92 Å². The maximum Gasteiger partial charge on any atom is 0.0890 e. The summed E-state index contributed by atoms with van der Waals surface area (Å²) >= 11 is 0. The largest absolute Gasteiger partial charge is 0.316 e. The van der Waals surface area contributed by atoms with E-state index in [9.17, 15) is 0 Å². The van der Waals surface area contributed by atoms with E-state index in [0.29, 0.717) is 0 Å². The van der Waals surface area contributed by atoms with Crippen molar-refractivity contribution in [2.24, 2.45) is 5.92 Å². The van der Waals surface area contributed by atoms with Crippen molar-refractivity contribution < 1.29 is 0 Å². The monoisotopic (exact) mass is 272 g/mol. The zero-order valence-corrected chi connectivity index (χ0v) is 12.4. The van der Waals surface area contributed by atoms with Crippen LogP contribution < -0.4 is 10.6 Å². The molecular formula is C16H24N4. The summed E-state index contributed by atoms with van der Waals surface area (Å²) in [7, 11) is 0. The van der Waals surface area contributed by atoms with E-state index in [1.807, 2.05) is 6.07 Å². The summed E-state index contributed by atoms with van der Waals surface area (Å²) in [6.45, 7) is 8.56. The molecule has 0 bridgehead atoms. The van der Waals surface area contributed by atoms with Crippen LogP contribution in [0.3, 0.4) is 0 Å². The van der Waals surface area contributed by atoms with Gasteiger partial charge in [0.25, 0.3) is 0 Å². The van der Waals surface area contributed by atoms with E-state index in [0.717, 1.165) is 49.6 Å². The molecule has 0 aliphatic carbocycles. The summed E-state index contributed by atoms with van der Waals surface area (Å²) < 4.78 is 0. The lowest BCUT2D eigenvalue weighted by atomic mass is 10.2. The summed E-state index contributed by atoms with van der Waals surface area (Å²) in [5.74, 6) is 0.724. The Hall–Kier alpha value is -1.52. The predicted molar refractivity (Wildman–Crippen MR) is 83.6 cm³/mol. The van der Waals surface area contributed by atoms with Gasteiger partial charge in [0, 0.05) is 18.9 Å². The van der Waals surface area contributed by atoms with Gasteiger partial charge in [-0.1, -0.05) is 19.9 Å². The molecule has 0 aliphatic rings. The Morgan fingerprint density at radius 1 is 1.00 bits per heavy atom. The van der Waals surface area contributed by atoms with Gasteiger partial charge in [-0.25, -0.2) is 0 Å². The SMILES string of the molecule is CC(C)CNCCCNCc1ccc2nccnc2c1. The van der Waals surface area contributed by atoms with Gasteiger partial charge in [-0.15, -0.1) is 0 Å². The Morgan fingerprint density at radius 3 is 2.55 bits per heavy atom. The van der Waals surface area contributed by atoms with E-state index >= 15 is 0 Å². The second-order valence-corrected chi connectivity index (χ2v) is 5.51. The van der Waals surface area contributed by atoms with Crippen molar-refractivity contribution in [3.8, 4) is 0 Å². The van der Waals surface area contributed by atoms with Gasteiger partial charge in [-0.3, -0.25) is 9.97 Å². The van der Waals surface area contributed by atoms with Crippen molar-refractivity contribution >= 4 is 11.0 Å². The van der Waals surface area contributed by atoms with E-state index < -0.39 is 0 Å². The Morgan fingerprint density at radius 2 is 1.75 bits per heavy atom. The molecule has 0 spiro atoms. The molecule has 20 heavy (non-hydrogen) atoms. The number of nitrogens with zero attached hydrogens (tertiary/aromatic N) is 2. The van der Waals surface area contributed by atoms with Crippen molar-refractivity contribution in [2.45, 2.75) is 26.8 Å². The first-order valence-corrected chi connectivity index (χ1v) is 7.37. The number of hydrogen-bond donors (Lipinski definition) is 2. The summed E-state index contributed by atoms with van der Waals surface area (Å²) in [4.78, 5) is 8.60. The molecule has 0 fully saturated rings. The first kappa shape index (κ1) is 14.9. The van der Waals surface area contributed by atoms with Gasteiger partial charge in [0.2, 0.25) is 0 Å². The van der Waals surface area contributed by atoms with E-state index in [-0.39, 0.29) is 0 Å². The zero-order valence-electron chi connectivity index (χ0n) is 12.4. The normalized spacial score (nSPS) is 11.3. The van der Waals surface area contributed by atoms with Crippen LogP contribution in [0.5, 0.6) is 0 Å². The summed E-state index contributed by atoms with van der Waals surface area (Å²) in [5, 5.41) is 6.92. The van der Waals surface area contributed by atoms with Crippen molar-refractivity contribution in [3.63, 3.8) is 0 Å². The first-order valence-electron chi connectivity index (χ1n) is 7.37. The highest BCUT2D eigenvalue weighted by atomic mass is 14.9. The average Bonchev–Trinajstić information content (AvgIpc) is 2.46. The molecule has 0 amide bonds. The van der Waals surface area contributed by atoms with Gasteiger partial charge < -0.3 is 10.6 Å². The molecule has 2 rings (SSSR count). The zero-order chi connectivity index (χ0) is 14.2. The number of aromatic nitrogens is 2. The Bertz CT molecular complexity index is 525. The highest BCUT2D eigenvalue weighted by Crippen LogP contribution is 2.10. The molecule has 108 valence electrons. The summed E-state index contributed by atoms with van der Waals surface area (Å²) in [6, 6.07) is 6.25. The molecule has 4 heteroatoms. The Kier molecular flexibility index (Phi) is 5.89. The van der Waals surface area contributed by atoms with Crippen LogP contribution in [0.4, 0.5) is 0 Å². The van der Waals surface area contributed by atoms with Gasteiger partial charge >= 0.3 is 0 Å². The topological polar surface area (TPSA) is 49.8 Å². The fourth-order valence-corrected chi connectivity index (χ4v) is 2.08. The van der Waals surface area contributed by atoms with Crippen molar-refractivity contribution in [3.05, 3.63) is 36.2 Å². The van der Waals surface area contributed by atoms with Gasteiger partial charge in [0.1, 0.15) is 0 Å². The highest BCUT2D eigenvalue weighted by molar-refractivity contribution is 5.74. The van der Waals surface area contributed by atoms with Gasteiger partial charge in [-0.05, 0) is 49.7 Å². The van der Waals surface area contributed by atoms with E-state index in [4.69, 9.17) is 0 Å². The highest BCUT2D eigenvalue weighted by Gasteiger charge is 1.98. The number of fused-ring (bicyclic) bond motifs is 1. The quantitative estimate of drug-likeness (QED) is 0.724. The minimum absolute atomic E-state index is 0.724. The minimum Gasteiger partial charge on any atom is -0.316 e. The maximum atomic E-state index is 4.33. The number of nitrogens with one attached hydrogen (secondary N) is 2. The minimum atomic E-state index is 0.724. The Balaban J connectivity index is 1.68. The molecule has 0 atom stereocenters. The lowest BCUT2D eigenvalue weighted by Gasteiger charge is -2.08. The van der Waals surface area contributed by atoms with Crippen LogP contribution in [0.15, 0.2) is 30.6 Å². The molecule has 1 aromatic heterocycles. The fraction of sp³-hybridized carbons (Fsp3) is 0.500. The summed E-state index contributed by atoms with van der Waals surface area (Å²) in [6.07, 6.45) is 4.62. The third-order valence-electron chi connectivity index (χ3n) is 3.12. The molecule has 0 saturated heterocycles. The van der Waals surface area contributed by atoms with Crippen molar-refractivity contribution in [1.82, 2.24) is 20.6 Å². The van der Waals surface area contributed by atoms with Crippen LogP contribution >= 0.6 is 0 Å². The van der Waals surface area contributed by atoms with Crippen LogP contribution in [-0.4, -0.2) is 29.6 Å². The third kappa shape index (κ3) is 4.87. The number of hydrogen-bond acceptors (Lipinski definition) is 4. The number of rotatable bonds is 8. The van der Waals surface area contributed by atoms with Crippen LogP contribution in [-0.2, 0) is 6.54 Å². The molecule has 0 unspecified atom stereocenters. The van der Waals surface area contributed by atoms with E-state index in [1.165, 1.54) is 5.56 Å². The second-order valence-electron chi connectivity index (χ2n) is 5.51. The molecule has 0 radical (unpaired) electrons. The molecular weight excluding hydrogens is 248 g/mol. The lowest BCUT2D eigenvalue weighted by Crippen LogP contribution is -2.24. The number of benzene rings is 1. The van der Waals surface area contributed by atoms with Gasteiger partial charge in [0.05, 0.1) is 11.0 Å². The van der Waals surface area contributed by atoms with Crippen LogP contribution in [0.1, 0.15) is 25.8 Å². The van der Waals surface area contributed by atoms with Crippen LogP contribution in [0.25, 0.3) is 11.0 Å².